The molecule has 0 aliphatic carbocycles. The third kappa shape index (κ3) is 5.57. The Bertz CT molecular complexity index is 1600. The van der Waals surface area contributed by atoms with Gasteiger partial charge in [-0.3, -0.25) is 0 Å². The molecule has 2 aromatic carbocycles. The lowest BCUT2D eigenvalue weighted by Crippen LogP contribution is -2.21. The number of aryl methyl sites for hydroxylation is 3. The molecule has 1 amide bonds. The van der Waals surface area contributed by atoms with E-state index in [1.54, 1.807) is 6.92 Å². The Balaban J connectivity index is 1.51. The van der Waals surface area contributed by atoms with Gasteiger partial charge in [0.25, 0.3) is 0 Å². The molecule has 0 bridgehead atoms. The van der Waals surface area contributed by atoms with Crippen molar-refractivity contribution < 1.29 is 18.8 Å². The average molecular weight is 528 g/mol. The second-order valence-corrected chi connectivity index (χ2v) is 9.02. The fraction of sp³-hybridized carbons (Fsp3) is 0.286. The maximum Gasteiger partial charge on any atom is 0.406 e. The zero-order valence-electron chi connectivity index (χ0n) is 22.2. The third-order valence-electron chi connectivity index (χ3n) is 6.32. The normalized spacial score (nSPS) is 11.9. The standard InChI is InChI=1S/C28H29N7O4/c1-17-26-18(2)35(33-27(26)21(32-31-17)16-25-30-19(3)39-34-25)22-12-8-9-13-24(22)38-23(14-15-37-28(36)29-4)20-10-6-5-7-11-20/h5-13,23H,14-16H2,1-4H3,(H,29,36). The van der Waals surface area contributed by atoms with Gasteiger partial charge in [-0.1, -0.05) is 47.6 Å². The molecule has 3 heterocycles. The number of rotatable bonds is 9. The number of alkyl carbamates (subject to hydrolysis) is 1. The van der Waals surface area contributed by atoms with E-state index in [2.05, 4.69) is 25.7 Å². The summed E-state index contributed by atoms with van der Waals surface area (Å²) in [5.74, 6) is 1.64. The van der Waals surface area contributed by atoms with Crippen molar-refractivity contribution in [2.24, 2.45) is 0 Å². The summed E-state index contributed by atoms with van der Waals surface area (Å²) in [7, 11) is 1.53. The number of nitrogens with zero attached hydrogens (tertiary/aromatic N) is 6. The molecule has 5 rings (SSSR count). The topological polar surface area (TPSA) is 130 Å². The van der Waals surface area contributed by atoms with E-state index in [0.717, 1.165) is 33.5 Å². The fourth-order valence-electron chi connectivity index (χ4n) is 4.46. The van der Waals surface area contributed by atoms with E-state index in [0.29, 0.717) is 36.0 Å². The van der Waals surface area contributed by atoms with E-state index in [1.807, 2.05) is 73.1 Å². The predicted molar refractivity (Wildman–Crippen MR) is 143 cm³/mol. The first-order chi connectivity index (χ1) is 18.9. The van der Waals surface area contributed by atoms with Crippen molar-refractivity contribution in [3.8, 4) is 11.4 Å². The summed E-state index contributed by atoms with van der Waals surface area (Å²) in [6, 6.07) is 17.6. The third-order valence-corrected chi connectivity index (χ3v) is 6.32. The molecular weight excluding hydrogens is 498 g/mol. The highest BCUT2D eigenvalue weighted by atomic mass is 16.5. The van der Waals surface area contributed by atoms with Crippen LogP contribution in [-0.2, 0) is 11.2 Å². The largest absolute Gasteiger partial charge is 0.483 e. The van der Waals surface area contributed by atoms with Gasteiger partial charge in [-0.2, -0.15) is 20.3 Å². The van der Waals surface area contributed by atoms with Crippen LogP contribution in [0.25, 0.3) is 16.6 Å². The summed E-state index contributed by atoms with van der Waals surface area (Å²) in [5, 5.41) is 21.1. The van der Waals surface area contributed by atoms with Crippen LogP contribution in [0.4, 0.5) is 4.79 Å². The number of ether oxygens (including phenoxy) is 2. The fourth-order valence-corrected chi connectivity index (χ4v) is 4.46. The highest BCUT2D eigenvalue weighted by Gasteiger charge is 2.22. The smallest absolute Gasteiger partial charge is 0.406 e. The molecular formula is C28H29N7O4. The van der Waals surface area contributed by atoms with Gasteiger partial charge in [0.1, 0.15) is 23.1 Å². The van der Waals surface area contributed by atoms with E-state index in [-0.39, 0.29) is 12.7 Å². The molecule has 0 aliphatic heterocycles. The van der Waals surface area contributed by atoms with Gasteiger partial charge in [-0.25, -0.2) is 9.48 Å². The molecule has 3 aromatic heterocycles. The first kappa shape index (κ1) is 25.8. The van der Waals surface area contributed by atoms with Gasteiger partial charge in [0, 0.05) is 25.8 Å². The lowest BCUT2D eigenvalue weighted by Gasteiger charge is -2.22. The number of hydrogen-bond acceptors (Lipinski definition) is 9. The highest BCUT2D eigenvalue weighted by Crippen LogP contribution is 2.33. The van der Waals surface area contributed by atoms with Crippen LogP contribution in [0.3, 0.4) is 0 Å². The van der Waals surface area contributed by atoms with Crippen molar-refractivity contribution in [3.63, 3.8) is 0 Å². The van der Waals surface area contributed by atoms with Gasteiger partial charge < -0.3 is 19.3 Å². The number of hydrogen-bond donors (Lipinski definition) is 1. The molecule has 11 nitrogen and oxygen atoms in total. The van der Waals surface area contributed by atoms with Crippen LogP contribution in [0, 0.1) is 20.8 Å². The maximum absolute atomic E-state index is 11.6. The van der Waals surface area contributed by atoms with E-state index >= 15 is 0 Å². The van der Waals surface area contributed by atoms with E-state index < -0.39 is 6.09 Å². The number of para-hydroxylation sites is 2. The molecule has 0 saturated carbocycles. The number of benzene rings is 2. The van der Waals surface area contributed by atoms with Crippen molar-refractivity contribution >= 4 is 17.0 Å². The second-order valence-electron chi connectivity index (χ2n) is 9.02. The van der Waals surface area contributed by atoms with Gasteiger partial charge in [-0.05, 0) is 31.5 Å². The molecule has 200 valence electrons. The Morgan fingerprint density at radius 3 is 2.56 bits per heavy atom. The number of fused-ring (bicyclic) bond motifs is 1. The van der Waals surface area contributed by atoms with Crippen LogP contribution in [0.15, 0.2) is 59.1 Å². The molecule has 0 aliphatic rings. The predicted octanol–water partition coefficient (Wildman–Crippen LogP) is 4.58. The molecule has 1 N–H and O–H groups in total. The Labute approximate surface area is 225 Å². The average Bonchev–Trinajstić information content (AvgIpc) is 3.53. The van der Waals surface area contributed by atoms with Gasteiger partial charge in [-0.15, -0.1) is 0 Å². The molecule has 1 atom stereocenters. The molecule has 39 heavy (non-hydrogen) atoms. The summed E-state index contributed by atoms with van der Waals surface area (Å²) >= 11 is 0. The zero-order valence-corrected chi connectivity index (χ0v) is 22.2. The molecule has 0 spiro atoms. The number of carbonyl (C=O) groups is 1. The number of carbonyl (C=O) groups excluding carboxylic acids is 1. The Kier molecular flexibility index (Phi) is 7.48. The second kappa shape index (κ2) is 11.3. The SMILES string of the molecule is CNC(=O)OCCC(Oc1ccccc1-n1nc2c(Cc3noc(C)n3)nnc(C)c2c1C)c1ccccc1. The van der Waals surface area contributed by atoms with E-state index in [4.69, 9.17) is 19.1 Å². The van der Waals surface area contributed by atoms with Gasteiger partial charge in [0.2, 0.25) is 5.89 Å². The summed E-state index contributed by atoms with van der Waals surface area (Å²) in [6.45, 7) is 5.85. The number of nitrogens with one attached hydrogen (secondary N) is 1. The quantitative estimate of drug-likeness (QED) is 0.293. The number of aromatic nitrogens is 6. The summed E-state index contributed by atoms with van der Waals surface area (Å²) in [6.07, 6.45) is -0.0284. The Morgan fingerprint density at radius 1 is 1.05 bits per heavy atom. The number of amides is 1. The van der Waals surface area contributed by atoms with Gasteiger partial charge in [0.15, 0.2) is 5.82 Å². The lowest BCUT2D eigenvalue weighted by molar-refractivity contribution is 0.117. The summed E-state index contributed by atoms with van der Waals surface area (Å²) < 4.78 is 18.8. The minimum atomic E-state index is -0.481. The van der Waals surface area contributed by atoms with Crippen molar-refractivity contribution in [1.29, 1.82) is 0 Å². The first-order valence-electron chi connectivity index (χ1n) is 12.6. The zero-order chi connectivity index (χ0) is 27.4. The van der Waals surface area contributed by atoms with Crippen molar-refractivity contribution in [2.45, 2.75) is 39.7 Å². The molecule has 0 radical (unpaired) electrons. The molecule has 11 heteroatoms. The molecule has 0 saturated heterocycles. The van der Waals surface area contributed by atoms with Crippen molar-refractivity contribution in [2.75, 3.05) is 13.7 Å². The summed E-state index contributed by atoms with van der Waals surface area (Å²) in [4.78, 5) is 15.9. The minimum absolute atomic E-state index is 0.196. The van der Waals surface area contributed by atoms with Crippen molar-refractivity contribution in [1.82, 2.24) is 35.4 Å². The van der Waals surface area contributed by atoms with Crippen molar-refractivity contribution in [3.05, 3.63) is 89.0 Å². The lowest BCUT2D eigenvalue weighted by atomic mass is 10.1. The van der Waals surface area contributed by atoms with Gasteiger partial charge in [0.05, 0.1) is 30.1 Å². The van der Waals surface area contributed by atoms with Crippen LogP contribution in [0.1, 0.15) is 46.9 Å². The molecule has 1 unspecified atom stereocenters. The maximum atomic E-state index is 11.6. The summed E-state index contributed by atoms with van der Waals surface area (Å²) in [5.41, 5.74) is 4.78. The van der Waals surface area contributed by atoms with E-state index in [1.165, 1.54) is 7.05 Å². The van der Waals surface area contributed by atoms with Crippen LogP contribution in [0.5, 0.6) is 5.75 Å². The molecule has 0 fully saturated rings. The van der Waals surface area contributed by atoms with Crippen LogP contribution >= 0.6 is 0 Å². The van der Waals surface area contributed by atoms with Crippen LogP contribution in [0.2, 0.25) is 0 Å². The Morgan fingerprint density at radius 2 is 1.82 bits per heavy atom. The van der Waals surface area contributed by atoms with Crippen LogP contribution in [-0.4, -0.2) is 49.9 Å². The van der Waals surface area contributed by atoms with Crippen LogP contribution < -0.4 is 10.1 Å². The van der Waals surface area contributed by atoms with Gasteiger partial charge >= 0.3 is 6.09 Å². The Hall–Kier alpha value is -4.80. The first-order valence-corrected chi connectivity index (χ1v) is 12.6. The molecule has 5 aromatic rings. The minimum Gasteiger partial charge on any atom is -0.483 e. The van der Waals surface area contributed by atoms with E-state index in [9.17, 15) is 4.79 Å². The highest BCUT2D eigenvalue weighted by molar-refractivity contribution is 5.86. The monoisotopic (exact) mass is 527 g/mol.